The van der Waals surface area contributed by atoms with E-state index < -0.39 is 0 Å². The van der Waals surface area contributed by atoms with Crippen molar-refractivity contribution in [2.75, 3.05) is 5.43 Å². The molecule has 0 bridgehead atoms. The predicted octanol–water partition coefficient (Wildman–Crippen LogP) is 4.77. The Morgan fingerprint density at radius 2 is 1.93 bits per heavy atom. The van der Waals surface area contributed by atoms with E-state index in [0.29, 0.717) is 24.8 Å². The van der Waals surface area contributed by atoms with E-state index >= 15 is 0 Å². The van der Waals surface area contributed by atoms with Crippen LogP contribution in [0.3, 0.4) is 0 Å². The zero-order valence-corrected chi connectivity index (χ0v) is 15.9. The molecule has 6 heteroatoms. The molecule has 28 heavy (non-hydrogen) atoms. The van der Waals surface area contributed by atoms with Crippen molar-refractivity contribution in [3.63, 3.8) is 0 Å². The van der Waals surface area contributed by atoms with Crippen molar-refractivity contribution in [3.8, 4) is 11.8 Å². The third-order valence-electron chi connectivity index (χ3n) is 3.87. The maximum atomic E-state index is 9.17. The molecule has 1 heterocycles. The number of rotatable bonds is 8. The number of nitrogens with one attached hydrogen (secondary N) is 1. The molecule has 3 rings (SSSR count). The van der Waals surface area contributed by atoms with Crippen LogP contribution in [0.5, 0.6) is 5.75 Å². The van der Waals surface area contributed by atoms with Crippen LogP contribution in [-0.4, -0.2) is 11.2 Å². The van der Waals surface area contributed by atoms with Crippen LogP contribution in [-0.2, 0) is 13.0 Å². The van der Waals surface area contributed by atoms with E-state index in [4.69, 9.17) is 14.4 Å². The molecule has 0 saturated carbocycles. The van der Waals surface area contributed by atoms with E-state index in [1.807, 2.05) is 60.7 Å². The fraction of sp³-hybridized carbons (Fsp3) is 0.227. The lowest BCUT2D eigenvalue weighted by Gasteiger charge is -2.06. The Morgan fingerprint density at radius 1 is 1.18 bits per heavy atom. The topological polar surface area (TPSA) is 83.4 Å². The van der Waals surface area contributed by atoms with Crippen LogP contribution in [0.25, 0.3) is 0 Å². The molecule has 142 valence electrons. The van der Waals surface area contributed by atoms with E-state index in [1.54, 1.807) is 6.21 Å². The normalized spacial score (nSPS) is 10.9. The number of benzene rings is 2. The number of oxazole rings is 1. The maximum Gasteiger partial charge on any atom is 0.252 e. The molecule has 1 N–H and O–H groups in total. The molecule has 0 aliphatic rings. The third-order valence-corrected chi connectivity index (χ3v) is 3.87. The first-order valence-corrected chi connectivity index (χ1v) is 9.09. The molecule has 2 aromatic carbocycles. The van der Waals surface area contributed by atoms with E-state index in [-0.39, 0.29) is 11.6 Å². The van der Waals surface area contributed by atoms with Crippen LogP contribution in [0.1, 0.15) is 36.6 Å². The molecular weight excluding hydrogens is 352 g/mol. The van der Waals surface area contributed by atoms with Gasteiger partial charge in [0.1, 0.15) is 18.4 Å². The first-order chi connectivity index (χ1) is 13.6. The van der Waals surface area contributed by atoms with Crippen LogP contribution in [0, 0.1) is 17.2 Å². The fourth-order valence-corrected chi connectivity index (χ4v) is 2.51. The second-order valence-electron chi connectivity index (χ2n) is 6.71. The van der Waals surface area contributed by atoms with Gasteiger partial charge in [0.25, 0.3) is 5.88 Å². The Balaban J connectivity index is 1.56. The van der Waals surface area contributed by atoms with Crippen molar-refractivity contribution in [3.05, 3.63) is 77.3 Å². The number of ether oxygens (including phenoxy) is 1. The van der Waals surface area contributed by atoms with Gasteiger partial charge in [0.2, 0.25) is 5.69 Å². The molecule has 1 aromatic heterocycles. The number of hydrogen-bond donors (Lipinski definition) is 1. The molecule has 6 nitrogen and oxygen atoms in total. The zero-order valence-electron chi connectivity index (χ0n) is 15.9. The van der Waals surface area contributed by atoms with Gasteiger partial charge in [-0.2, -0.15) is 10.4 Å². The van der Waals surface area contributed by atoms with Gasteiger partial charge in [0.05, 0.1) is 6.21 Å². The summed E-state index contributed by atoms with van der Waals surface area (Å²) in [5.74, 6) is 1.97. The highest BCUT2D eigenvalue weighted by Crippen LogP contribution is 2.19. The second kappa shape index (κ2) is 9.38. The number of aromatic nitrogens is 1. The van der Waals surface area contributed by atoms with E-state index in [2.05, 4.69) is 29.4 Å². The SMILES string of the molecule is CC(C)Cc1nc(C#N)c(NN=Cc2ccc(OCc3ccccc3)cc2)o1. The van der Waals surface area contributed by atoms with Crippen molar-refractivity contribution in [1.29, 1.82) is 5.26 Å². The average Bonchev–Trinajstić information content (AvgIpc) is 3.09. The summed E-state index contributed by atoms with van der Waals surface area (Å²) in [6.07, 6.45) is 2.32. The van der Waals surface area contributed by atoms with Crippen molar-refractivity contribution in [2.24, 2.45) is 11.0 Å². The molecule has 3 aromatic rings. The van der Waals surface area contributed by atoms with Gasteiger partial charge in [-0.1, -0.05) is 44.2 Å². The molecule has 0 fully saturated rings. The van der Waals surface area contributed by atoms with E-state index in [9.17, 15) is 0 Å². The van der Waals surface area contributed by atoms with Crippen molar-refractivity contribution < 1.29 is 9.15 Å². The van der Waals surface area contributed by atoms with Crippen LogP contribution >= 0.6 is 0 Å². The van der Waals surface area contributed by atoms with Gasteiger partial charge in [0.15, 0.2) is 5.89 Å². The summed E-state index contributed by atoms with van der Waals surface area (Å²) in [6.45, 7) is 4.65. The molecule has 0 aliphatic carbocycles. The molecule has 0 unspecified atom stereocenters. The molecule has 0 spiro atoms. The number of hydrogen-bond acceptors (Lipinski definition) is 6. The standard InChI is InChI=1S/C22H22N4O2/c1-16(2)12-21-25-20(13-23)22(28-21)26-24-14-17-8-10-19(11-9-17)27-15-18-6-4-3-5-7-18/h3-11,14,16,26H,12,15H2,1-2H3. The summed E-state index contributed by atoms with van der Waals surface area (Å²) < 4.78 is 11.3. The van der Waals surface area contributed by atoms with Crippen LogP contribution in [0.2, 0.25) is 0 Å². The first-order valence-electron chi connectivity index (χ1n) is 9.09. The molecule has 0 aliphatic heterocycles. The van der Waals surface area contributed by atoms with Crippen molar-refractivity contribution in [1.82, 2.24) is 4.98 Å². The lowest BCUT2D eigenvalue weighted by molar-refractivity contribution is 0.306. The van der Waals surface area contributed by atoms with E-state index in [1.165, 1.54) is 0 Å². The minimum Gasteiger partial charge on any atom is -0.489 e. The summed E-state index contributed by atoms with van der Waals surface area (Å²) in [7, 11) is 0. The Morgan fingerprint density at radius 3 is 2.61 bits per heavy atom. The largest absolute Gasteiger partial charge is 0.489 e. The summed E-state index contributed by atoms with van der Waals surface area (Å²) in [4.78, 5) is 4.17. The zero-order chi connectivity index (χ0) is 19.8. The van der Waals surface area contributed by atoms with Crippen LogP contribution in [0.15, 0.2) is 64.1 Å². The highest BCUT2D eigenvalue weighted by molar-refractivity contribution is 5.80. The van der Waals surface area contributed by atoms with Crippen molar-refractivity contribution >= 4 is 12.1 Å². The quantitative estimate of drug-likeness (QED) is 0.453. The molecular formula is C22H22N4O2. The fourth-order valence-electron chi connectivity index (χ4n) is 2.51. The second-order valence-corrected chi connectivity index (χ2v) is 6.71. The monoisotopic (exact) mass is 374 g/mol. The van der Waals surface area contributed by atoms with Crippen LogP contribution < -0.4 is 10.2 Å². The highest BCUT2D eigenvalue weighted by atomic mass is 16.5. The van der Waals surface area contributed by atoms with Gasteiger partial charge in [-0.05, 0) is 41.3 Å². The third kappa shape index (κ3) is 5.45. The number of nitrogens with zero attached hydrogens (tertiary/aromatic N) is 3. The average molecular weight is 374 g/mol. The summed E-state index contributed by atoms with van der Waals surface area (Å²) in [5, 5.41) is 13.3. The Bertz CT molecular complexity index is 954. The lowest BCUT2D eigenvalue weighted by atomic mass is 10.1. The van der Waals surface area contributed by atoms with Gasteiger partial charge in [-0.15, -0.1) is 0 Å². The van der Waals surface area contributed by atoms with Gasteiger partial charge in [-0.3, -0.25) is 0 Å². The Labute approximate surface area is 164 Å². The number of hydrazone groups is 1. The van der Waals surface area contributed by atoms with Gasteiger partial charge < -0.3 is 9.15 Å². The van der Waals surface area contributed by atoms with Gasteiger partial charge in [0, 0.05) is 6.42 Å². The summed E-state index contributed by atoms with van der Waals surface area (Å²) in [6, 6.07) is 19.6. The summed E-state index contributed by atoms with van der Waals surface area (Å²) >= 11 is 0. The smallest absolute Gasteiger partial charge is 0.252 e. The van der Waals surface area contributed by atoms with Crippen LogP contribution in [0.4, 0.5) is 5.88 Å². The maximum absolute atomic E-state index is 9.17. The predicted molar refractivity (Wildman–Crippen MR) is 108 cm³/mol. The minimum absolute atomic E-state index is 0.206. The first kappa shape index (κ1) is 19.2. The van der Waals surface area contributed by atoms with Gasteiger partial charge in [-0.25, -0.2) is 10.4 Å². The summed E-state index contributed by atoms with van der Waals surface area (Å²) in [5.41, 5.74) is 4.97. The number of nitriles is 1. The Hall–Kier alpha value is -3.59. The van der Waals surface area contributed by atoms with E-state index in [0.717, 1.165) is 16.9 Å². The van der Waals surface area contributed by atoms with Crippen molar-refractivity contribution in [2.45, 2.75) is 26.9 Å². The number of anilines is 1. The molecule has 0 amide bonds. The lowest BCUT2D eigenvalue weighted by Crippen LogP contribution is -1.95. The minimum atomic E-state index is 0.206. The molecule has 0 saturated heterocycles. The Kier molecular flexibility index (Phi) is 6.42. The van der Waals surface area contributed by atoms with Gasteiger partial charge >= 0.3 is 0 Å². The highest BCUT2D eigenvalue weighted by Gasteiger charge is 2.13. The molecule has 0 radical (unpaired) electrons. The molecule has 0 atom stereocenters.